The lowest BCUT2D eigenvalue weighted by Gasteiger charge is -2.22. The first-order valence-corrected chi connectivity index (χ1v) is 8.93. The van der Waals surface area contributed by atoms with Crippen LogP contribution in [0.3, 0.4) is 0 Å². The lowest BCUT2D eigenvalue weighted by molar-refractivity contribution is 0.0991. The molecule has 3 rings (SSSR count). The summed E-state index contributed by atoms with van der Waals surface area (Å²) >= 11 is 1.35. The summed E-state index contributed by atoms with van der Waals surface area (Å²) in [4.78, 5) is 20.0. The summed E-state index contributed by atoms with van der Waals surface area (Å²) in [6, 6.07) is 14.0. The second kappa shape index (κ2) is 7.15. The Kier molecular flexibility index (Phi) is 4.95. The van der Waals surface area contributed by atoms with E-state index in [1.165, 1.54) is 23.5 Å². The Labute approximate surface area is 150 Å². The van der Waals surface area contributed by atoms with Crippen molar-refractivity contribution in [3.8, 4) is 10.6 Å². The highest BCUT2D eigenvalue weighted by Gasteiger charge is 2.23. The predicted octanol–water partition coefficient (Wildman–Crippen LogP) is 5.23. The second-order valence-corrected chi connectivity index (χ2v) is 6.78. The van der Waals surface area contributed by atoms with Gasteiger partial charge in [0.15, 0.2) is 0 Å². The van der Waals surface area contributed by atoms with Gasteiger partial charge in [-0.1, -0.05) is 18.2 Å². The van der Waals surface area contributed by atoms with Gasteiger partial charge in [-0.2, -0.15) is 0 Å². The van der Waals surface area contributed by atoms with Gasteiger partial charge in [0.2, 0.25) is 0 Å². The van der Waals surface area contributed by atoms with E-state index in [2.05, 4.69) is 4.98 Å². The Balaban J connectivity index is 1.97. The van der Waals surface area contributed by atoms with Gasteiger partial charge >= 0.3 is 0 Å². The molecule has 0 saturated heterocycles. The maximum atomic E-state index is 13.1. The number of thiazole rings is 1. The number of hydrogen-bond donors (Lipinski definition) is 0. The van der Waals surface area contributed by atoms with Crippen LogP contribution in [-0.4, -0.2) is 17.4 Å². The Morgan fingerprint density at radius 2 is 1.80 bits per heavy atom. The average molecular weight is 354 g/mol. The van der Waals surface area contributed by atoms with Gasteiger partial charge in [-0.15, -0.1) is 11.3 Å². The molecule has 3 aromatic rings. The third-order valence-corrected chi connectivity index (χ3v) is 5.24. The zero-order valence-electron chi connectivity index (χ0n) is 14.4. The summed E-state index contributed by atoms with van der Waals surface area (Å²) in [5.41, 5.74) is 3.47. The SMILES string of the molecule is CCN(C(=O)c1sc(-c2ccc(F)cc2)nc1C)c1ccccc1C. The van der Waals surface area contributed by atoms with Gasteiger partial charge in [-0.25, -0.2) is 9.37 Å². The molecule has 0 aliphatic carbocycles. The monoisotopic (exact) mass is 354 g/mol. The molecule has 2 aromatic carbocycles. The minimum atomic E-state index is -0.287. The van der Waals surface area contributed by atoms with Crippen molar-refractivity contribution in [2.24, 2.45) is 0 Å². The molecule has 0 aliphatic heterocycles. The molecule has 128 valence electrons. The first kappa shape index (κ1) is 17.3. The molecule has 0 radical (unpaired) electrons. The average Bonchev–Trinajstić information content (AvgIpc) is 2.99. The first-order valence-electron chi connectivity index (χ1n) is 8.12. The van der Waals surface area contributed by atoms with Crippen molar-refractivity contribution in [1.29, 1.82) is 0 Å². The molecule has 0 spiro atoms. The van der Waals surface area contributed by atoms with Gasteiger partial charge in [0.25, 0.3) is 5.91 Å². The molecular formula is C20H19FN2OS. The third kappa shape index (κ3) is 3.46. The Bertz CT molecular complexity index is 902. The molecule has 3 nitrogen and oxygen atoms in total. The molecule has 1 aromatic heterocycles. The van der Waals surface area contributed by atoms with Crippen molar-refractivity contribution < 1.29 is 9.18 Å². The number of hydrogen-bond acceptors (Lipinski definition) is 3. The zero-order chi connectivity index (χ0) is 18.0. The van der Waals surface area contributed by atoms with E-state index in [4.69, 9.17) is 0 Å². The maximum Gasteiger partial charge on any atom is 0.270 e. The van der Waals surface area contributed by atoms with Gasteiger partial charge in [0.05, 0.1) is 5.69 Å². The zero-order valence-corrected chi connectivity index (χ0v) is 15.2. The van der Waals surface area contributed by atoms with Crippen LogP contribution in [0.25, 0.3) is 10.6 Å². The van der Waals surface area contributed by atoms with E-state index in [0.29, 0.717) is 17.1 Å². The fourth-order valence-corrected chi connectivity index (χ4v) is 3.74. The molecule has 25 heavy (non-hydrogen) atoms. The normalized spacial score (nSPS) is 10.7. The predicted molar refractivity (Wildman–Crippen MR) is 101 cm³/mol. The summed E-state index contributed by atoms with van der Waals surface area (Å²) in [5, 5.41) is 0.724. The Hall–Kier alpha value is -2.53. The van der Waals surface area contributed by atoms with Gasteiger partial charge in [-0.05, 0) is 56.7 Å². The molecule has 1 amide bonds. The van der Waals surface area contributed by atoms with Crippen molar-refractivity contribution >= 4 is 22.9 Å². The number of aryl methyl sites for hydroxylation is 2. The minimum absolute atomic E-state index is 0.0554. The molecule has 0 unspecified atom stereocenters. The van der Waals surface area contributed by atoms with Crippen LogP contribution >= 0.6 is 11.3 Å². The molecule has 0 saturated carbocycles. The quantitative estimate of drug-likeness (QED) is 0.642. The van der Waals surface area contributed by atoms with Crippen molar-refractivity contribution in [2.75, 3.05) is 11.4 Å². The van der Waals surface area contributed by atoms with E-state index in [0.717, 1.165) is 21.8 Å². The van der Waals surface area contributed by atoms with E-state index in [1.54, 1.807) is 17.0 Å². The molecule has 0 aliphatic rings. The number of carbonyl (C=O) groups excluding carboxylic acids is 1. The number of rotatable bonds is 4. The van der Waals surface area contributed by atoms with Crippen LogP contribution in [0.1, 0.15) is 27.9 Å². The number of carbonyl (C=O) groups is 1. The van der Waals surface area contributed by atoms with Crippen molar-refractivity contribution in [3.63, 3.8) is 0 Å². The fourth-order valence-electron chi connectivity index (χ4n) is 2.72. The van der Waals surface area contributed by atoms with Crippen LogP contribution in [0.5, 0.6) is 0 Å². The van der Waals surface area contributed by atoms with Crippen LogP contribution in [0.4, 0.5) is 10.1 Å². The molecule has 0 bridgehead atoms. The van der Waals surface area contributed by atoms with Gasteiger partial charge in [0, 0.05) is 17.8 Å². The van der Waals surface area contributed by atoms with Crippen molar-refractivity contribution in [3.05, 3.63) is 70.5 Å². The number of benzene rings is 2. The number of para-hydroxylation sites is 1. The third-order valence-electron chi connectivity index (χ3n) is 4.05. The number of amides is 1. The lowest BCUT2D eigenvalue weighted by Crippen LogP contribution is -2.31. The van der Waals surface area contributed by atoms with Crippen LogP contribution < -0.4 is 4.90 Å². The van der Waals surface area contributed by atoms with Crippen molar-refractivity contribution in [2.45, 2.75) is 20.8 Å². The van der Waals surface area contributed by atoms with Crippen LogP contribution in [0.15, 0.2) is 48.5 Å². The second-order valence-electron chi connectivity index (χ2n) is 5.78. The molecule has 0 N–H and O–H groups in total. The highest BCUT2D eigenvalue weighted by atomic mass is 32.1. The van der Waals surface area contributed by atoms with Gasteiger partial charge in [0.1, 0.15) is 15.7 Å². The smallest absolute Gasteiger partial charge is 0.270 e. The van der Waals surface area contributed by atoms with E-state index < -0.39 is 0 Å². The topological polar surface area (TPSA) is 33.2 Å². The molecule has 1 heterocycles. The van der Waals surface area contributed by atoms with Crippen LogP contribution in [0.2, 0.25) is 0 Å². The number of anilines is 1. The Morgan fingerprint density at radius 1 is 1.12 bits per heavy atom. The molecular weight excluding hydrogens is 335 g/mol. The van der Waals surface area contributed by atoms with E-state index in [9.17, 15) is 9.18 Å². The molecule has 0 atom stereocenters. The number of aromatic nitrogens is 1. The standard InChI is InChI=1S/C20H19FN2OS/c1-4-23(17-8-6-5-7-13(17)2)20(24)18-14(3)22-19(25-18)15-9-11-16(21)12-10-15/h5-12H,4H2,1-3H3. The molecule has 5 heteroatoms. The highest BCUT2D eigenvalue weighted by molar-refractivity contribution is 7.17. The van der Waals surface area contributed by atoms with Crippen LogP contribution in [-0.2, 0) is 0 Å². The maximum absolute atomic E-state index is 13.1. The summed E-state index contributed by atoms with van der Waals surface area (Å²) in [6.45, 7) is 6.37. The van der Waals surface area contributed by atoms with E-state index in [-0.39, 0.29) is 11.7 Å². The lowest BCUT2D eigenvalue weighted by atomic mass is 10.1. The largest absolute Gasteiger partial charge is 0.308 e. The first-order chi connectivity index (χ1) is 12.0. The minimum Gasteiger partial charge on any atom is -0.308 e. The van der Waals surface area contributed by atoms with E-state index in [1.807, 2.05) is 45.0 Å². The summed E-state index contributed by atoms with van der Waals surface area (Å²) in [5.74, 6) is -0.342. The summed E-state index contributed by atoms with van der Waals surface area (Å²) in [7, 11) is 0. The van der Waals surface area contributed by atoms with E-state index >= 15 is 0 Å². The highest BCUT2D eigenvalue weighted by Crippen LogP contribution is 2.30. The molecule has 0 fully saturated rings. The van der Waals surface area contributed by atoms with Gasteiger partial charge < -0.3 is 4.90 Å². The summed E-state index contributed by atoms with van der Waals surface area (Å²) in [6.07, 6.45) is 0. The summed E-state index contributed by atoms with van der Waals surface area (Å²) < 4.78 is 13.1. The van der Waals surface area contributed by atoms with Crippen molar-refractivity contribution in [1.82, 2.24) is 4.98 Å². The van der Waals surface area contributed by atoms with Gasteiger partial charge in [-0.3, -0.25) is 4.79 Å². The van der Waals surface area contributed by atoms with Crippen LogP contribution in [0, 0.1) is 19.7 Å². The fraction of sp³-hybridized carbons (Fsp3) is 0.200. The Morgan fingerprint density at radius 3 is 2.44 bits per heavy atom. The number of nitrogens with zero attached hydrogens (tertiary/aromatic N) is 2. The number of halogens is 1.